The van der Waals surface area contributed by atoms with E-state index in [9.17, 15) is 13.2 Å². The second kappa shape index (κ2) is 8.94. The van der Waals surface area contributed by atoms with Gasteiger partial charge in [-0.05, 0) is 25.5 Å². The average Bonchev–Trinajstić information content (AvgIpc) is 3.03. The molecular formula is C15H23F3N4S2. The summed E-state index contributed by atoms with van der Waals surface area (Å²) in [7, 11) is 1.70. The highest BCUT2D eigenvalue weighted by molar-refractivity contribution is 7.99. The molecule has 0 bridgehead atoms. The largest absolute Gasteiger partial charge is 0.434 e. The monoisotopic (exact) mass is 380 g/mol. The van der Waals surface area contributed by atoms with Crippen LogP contribution in [0, 0.1) is 0 Å². The number of thioether (sulfide) groups is 1. The molecule has 0 spiro atoms. The number of thiazole rings is 1. The molecule has 0 radical (unpaired) electrons. The normalized spacial score (nSPS) is 22.5. The second-order valence-corrected chi connectivity index (χ2v) is 7.82. The Kier molecular flexibility index (Phi) is 7.21. The maximum atomic E-state index is 12.5. The van der Waals surface area contributed by atoms with Crippen molar-refractivity contribution in [3.8, 4) is 0 Å². The zero-order valence-electron chi connectivity index (χ0n) is 13.8. The van der Waals surface area contributed by atoms with E-state index >= 15 is 0 Å². The molecular weight excluding hydrogens is 357 g/mol. The predicted molar refractivity (Wildman–Crippen MR) is 94.9 cm³/mol. The minimum Gasteiger partial charge on any atom is -0.356 e. The van der Waals surface area contributed by atoms with Crippen LogP contribution in [0.15, 0.2) is 10.4 Å². The molecule has 0 aliphatic heterocycles. The molecule has 136 valence electrons. The van der Waals surface area contributed by atoms with E-state index in [0.717, 1.165) is 29.6 Å². The first-order valence-corrected chi connectivity index (χ1v) is 10.1. The highest BCUT2D eigenvalue weighted by Gasteiger charge is 2.33. The van der Waals surface area contributed by atoms with Crippen LogP contribution in [-0.2, 0) is 12.6 Å². The van der Waals surface area contributed by atoms with Gasteiger partial charge in [0, 0.05) is 36.7 Å². The van der Waals surface area contributed by atoms with Crippen LogP contribution in [0.1, 0.15) is 36.4 Å². The lowest BCUT2D eigenvalue weighted by Crippen LogP contribution is -2.46. The third kappa shape index (κ3) is 5.84. The number of guanidine groups is 1. The smallest absolute Gasteiger partial charge is 0.356 e. The molecule has 0 amide bonds. The highest BCUT2D eigenvalue weighted by atomic mass is 32.2. The Labute approximate surface area is 148 Å². The fourth-order valence-electron chi connectivity index (χ4n) is 2.72. The Balaban J connectivity index is 1.76. The molecule has 0 aromatic carbocycles. The van der Waals surface area contributed by atoms with Crippen LogP contribution in [0.4, 0.5) is 13.2 Å². The first-order chi connectivity index (χ1) is 11.4. The molecule has 1 aromatic rings. The van der Waals surface area contributed by atoms with Gasteiger partial charge in [-0.2, -0.15) is 24.9 Å². The lowest BCUT2D eigenvalue weighted by Gasteiger charge is -2.29. The molecule has 0 saturated heterocycles. The SMILES string of the molecule is CN=C(NCCc1nc(C(F)(F)F)cs1)NC1CCCC(SC)C1. The van der Waals surface area contributed by atoms with Gasteiger partial charge >= 0.3 is 6.18 Å². The van der Waals surface area contributed by atoms with Crippen molar-refractivity contribution < 1.29 is 13.2 Å². The van der Waals surface area contributed by atoms with Crippen LogP contribution in [-0.4, -0.2) is 42.1 Å². The number of hydrogen-bond acceptors (Lipinski definition) is 4. The van der Waals surface area contributed by atoms with Gasteiger partial charge in [0.2, 0.25) is 0 Å². The van der Waals surface area contributed by atoms with Gasteiger partial charge in [-0.1, -0.05) is 6.42 Å². The van der Waals surface area contributed by atoms with E-state index in [1.807, 2.05) is 11.8 Å². The Morgan fingerprint density at radius 3 is 2.88 bits per heavy atom. The molecule has 1 fully saturated rings. The second-order valence-electron chi connectivity index (χ2n) is 5.74. The van der Waals surface area contributed by atoms with Gasteiger partial charge in [0.25, 0.3) is 0 Å². The molecule has 9 heteroatoms. The van der Waals surface area contributed by atoms with Crippen molar-refractivity contribution >= 4 is 29.1 Å². The summed E-state index contributed by atoms with van der Waals surface area (Å²) in [6, 6.07) is 0.402. The maximum Gasteiger partial charge on any atom is 0.434 e. The minimum atomic E-state index is -4.37. The number of aliphatic imine (C=N–C) groups is 1. The topological polar surface area (TPSA) is 49.3 Å². The summed E-state index contributed by atoms with van der Waals surface area (Å²) >= 11 is 2.94. The molecule has 1 aromatic heterocycles. The summed E-state index contributed by atoms with van der Waals surface area (Å²) in [6.07, 6.45) is 2.93. The van der Waals surface area contributed by atoms with E-state index < -0.39 is 11.9 Å². The van der Waals surface area contributed by atoms with Crippen molar-refractivity contribution in [2.45, 2.75) is 49.6 Å². The van der Waals surface area contributed by atoms with Gasteiger partial charge in [0.15, 0.2) is 11.7 Å². The number of nitrogens with zero attached hydrogens (tertiary/aromatic N) is 2. The van der Waals surface area contributed by atoms with Gasteiger partial charge in [0.1, 0.15) is 0 Å². The van der Waals surface area contributed by atoms with Gasteiger partial charge < -0.3 is 10.6 Å². The van der Waals surface area contributed by atoms with Gasteiger partial charge in [-0.3, -0.25) is 4.99 Å². The van der Waals surface area contributed by atoms with Crippen molar-refractivity contribution in [2.75, 3.05) is 19.8 Å². The van der Waals surface area contributed by atoms with Crippen LogP contribution in [0.2, 0.25) is 0 Å². The molecule has 1 heterocycles. The quantitative estimate of drug-likeness (QED) is 0.606. The fourth-order valence-corrected chi connectivity index (χ4v) is 4.35. The summed E-state index contributed by atoms with van der Waals surface area (Å²) in [6.45, 7) is 0.503. The van der Waals surface area contributed by atoms with E-state index in [1.54, 1.807) is 7.05 Å². The van der Waals surface area contributed by atoms with E-state index in [-0.39, 0.29) is 0 Å². The molecule has 1 saturated carbocycles. The van der Waals surface area contributed by atoms with Crippen LogP contribution >= 0.6 is 23.1 Å². The maximum absolute atomic E-state index is 12.5. The van der Waals surface area contributed by atoms with Gasteiger partial charge in [-0.25, -0.2) is 4.98 Å². The highest BCUT2D eigenvalue weighted by Crippen LogP contribution is 2.30. The third-order valence-electron chi connectivity index (χ3n) is 4.00. The van der Waals surface area contributed by atoms with E-state index in [4.69, 9.17) is 0 Å². The fraction of sp³-hybridized carbons (Fsp3) is 0.733. The molecule has 1 aliphatic rings. The molecule has 4 nitrogen and oxygen atoms in total. The van der Waals surface area contributed by atoms with Crippen molar-refractivity contribution in [3.05, 3.63) is 16.1 Å². The van der Waals surface area contributed by atoms with Gasteiger partial charge in [-0.15, -0.1) is 11.3 Å². The zero-order chi connectivity index (χ0) is 17.6. The number of halogens is 3. The molecule has 1 aliphatic carbocycles. The van der Waals surface area contributed by atoms with E-state index in [1.165, 1.54) is 12.8 Å². The Morgan fingerprint density at radius 2 is 2.25 bits per heavy atom. The molecule has 2 N–H and O–H groups in total. The molecule has 2 unspecified atom stereocenters. The lowest BCUT2D eigenvalue weighted by atomic mass is 9.95. The Hall–Kier alpha value is -0.960. The van der Waals surface area contributed by atoms with Crippen LogP contribution in [0.3, 0.4) is 0 Å². The summed E-state index contributed by atoms with van der Waals surface area (Å²) in [4.78, 5) is 7.83. The third-order valence-corrected chi connectivity index (χ3v) is 6.00. The number of alkyl halides is 3. The van der Waals surface area contributed by atoms with Crippen LogP contribution in [0.5, 0.6) is 0 Å². The first kappa shape index (κ1) is 19.4. The van der Waals surface area contributed by atoms with Crippen LogP contribution in [0.25, 0.3) is 0 Å². The van der Waals surface area contributed by atoms with Crippen molar-refractivity contribution in [3.63, 3.8) is 0 Å². The first-order valence-electron chi connectivity index (χ1n) is 7.94. The number of hydrogen-bond donors (Lipinski definition) is 2. The number of rotatable bonds is 5. The number of nitrogens with one attached hydrogen (secondary N) is 2. The summed E-state index contributed by atoms with van der Waals surface area (Å²) in [5.74, 6) is 0.703. The van der Waals surface area contributed by atoms with Crippen LogP contribution < -0.4 is 10.6 Å². The summed E-state index contributed by atoms with van der Waals surface area (Å²) in [5, 5.41) is 8.80. The molecule has 24 heavy (non-hydrogen) atoms. The molecule has 2 rings (SSSR count). The van der Waals surface area contributed by atoms with Crippen molar-refractivity contribution in [2.24, 2.45) is 4.99 Å². The van der Waals surface area contributed by atoms with Gasteiger partial charge in [0.05, 0.1) is 5.01 Å². The zero-order valence-corrected chi connectivity index (χ0v) is 15.5. The van der Waals surface area contributed by atoms with E-state index in [0.29, 0.717) is 35.2 Å². The Bertz CT molecular complexity index is 545. The Morgan fingerprint density at radius 1 is 1.46 bits per heavy atom. The average molecular weight is 381 g/mol. The standard InChI is InChI=1S/C15H23F3N4S2/c1-19-14(21-10-4-3-5-11(8-10)23-2)20-7-6-13-22-12(9-24-13)15(16,17)18/h9-11H,3-8H2,1-2H3,(H2,19,20,21). The minimum absolute atomic E-state index is 0.402. The summed E-state index contributed by atoms with van der Waals surface area (Å²) in [5.41, 5.74) is -0.810. The van der Waals surface area contributed by atoms with Crippen molar-refractivity contribution in [1.29, 1.82) is 0 Å². The van der Waals surface area contributed by atoms with Crippen molar-refractivity contribution in [1.82, 2.24) is 15.6 Å². The summed E-state index contributed by atoms with van der Waals surface area (Å²) < 4.78 is 37.6. The van der Waals surface area contributed by atoms with E-state index in [2.05, 4.69) is 26.9 Å². The predicted octanol–water partition coefficient (Wildman–Crippen LogP) is 3.54. The number of aromatic nitrogens is 1. The molecule has 2 atom stereocenters. The lowest BCUT2D eigenvalue weighted by molar-refractivity contribution is -0.140.